The summed E-state index contributed by atoms with van der Waals surface area (Å²) in [4.78, 5) is 80.6. The Morgan fingerprint density at radius 2 is 1.27 bits per heavy atom. The largest absolute Gasteiger partial charge is 0.456 e. The van der Waals surface area contributed by atoms with Crippen LogP contribution in [-0.4, -0.2) is 94.6 Å². The maximum Gasteiger partial charge on any atom is 0.411 e. The SMILES string of the molecule is CC(C)(C)OC(=O)N1CCC[C@H]1C(=O)OCC(=O)c1ccc2c(c1)sc1cc(C(=O)COC(=O)[C@@H]3[C@H]4CC[C@H](C4)N3C(=O)OC(C)(C)C)ccc12. The molecule has 2 saturated heterocycles. The van der Waals surface area contributed by atoms with E-state index in [1.165, 1.54) is 21.1 Å². The number of rotatable bonds is 8. The fourth-order valence-corrected chi connectivity index (χ4v) is 8.35. The summed E-state index contributed by atoms with van der Waals surface area (Å²) in [6.45, 7) is 10.0. The lowest BCUT2D eigenvalue weighted by atomic mass is 9.99. The van der Waals surface area contributed by atoms with Crippen molar-refractivity contribution >= 4 is 67.2 Å². The van der Waals surface area contributed by atoms with Crippen molar-refractivity contribution in [1.29, 1.82) is 0 Å². The van der Waals surface area contributed by atoms with E-state index in [2.05, 4.69) is 0 Å². The van der Waals surface area contributed by atoms with Gasteiger partial charge in [-0.3, -0.25) is 19.4 Å². The Kier molecular flexibility index (Phi) is 9.88. The molecule has 0 unspecified atom stereocenters. The molecule has 1 aromatic heterocycles. The maximum absolute atomic E-state index is 13.2. The van der Waals surface area contributed by atoms with Gasteiger partial charge in [0.25, 0.3) is 0 Å². The summed E-state index contributed by atoms with van der Waals surface area (Å²) >= 11 is 1.40. The van der Waals surface area contributed by atoms with Crippen molar-refractivity contribution in [2.75, 3.05) is 19.8 Å². The van der Waals surface area contributed by atoms with Crippen LogP contribution in [0.3, 0.4) is 0 Å². The molecule has 12 nitrogen and oxygen atoms in total. The van der Waals surface area contributed by atoms with Crippen molar-refractivity contribution in [2.45, 2.75) is 103 Å². The van der Waals surface area contributed by atoms with Crippen LogP contribution in [0.15, 0.2) is 36.4 Å². The van der Waals surface area contributed by atoms with Gasteiger partial charge in [0, 0.05) is 43.9 Å². The molecular weight excluding hydrogens is 676 g/mol. The predicted octanol–water partition coefficient (Wildman–Crippen LogP) is 6.69. The molecule has 4 atom stereocenters. The summed E-state index contributed by atoms with van der Waals surface area (Å²) < 4.78 is 23.4. The molecule has 272 valence electrons. The number of fused-ring (bicyclic) bond motifs is 5. The lowest BCUT2D eigenvalue weighted by molar-refractivity contribution is -0.150. The van der Waals surface area contributed by atoms with E-state index in [0.29, 0.717) is 36.9 Å². The molecule has 3 aliphatic rings. The number of hydrogen-bond acceptors (Lipinski definition) is 11. The normalized spacial score (nSPS) is 21.6. The zero-order valence-electron chi connectivity index (χ0n) is 29.8. The minimum absolute atomic E-state index is 0.0225. The molecule has 6 rings (SSSR count). The summed E-state index contributed by atoms with van der Waals surface area (Å²) in [7, 11) is 0. The van der Waals surface area contributed by atoms with Crippen LogP contribution in [0.5, 0.6) is 0 Å². The van der Waals surface area contributed by atoms with Crippen LogP contribution in [0.25, 0.3) is 20.2 Å². The van der Waals surface area contributed by atoms with E-state index in [-0.39, 0.29) is 23.5 Å². The average Bonchev–Trinajstić information content (AvgIpc) is 3.86. The van der Waals surface area contributed by atoms with Gasteiger partial charge >= 0.3 is 24.1 Å². The number of esters is 2. The zero-order chi connectivity index (χ0) is 36.8. The third kappa shape index (κ3) is 7.88. The number of piperidine rings is 1. The van der Waals surface area contributed by atoms with Gasteiger partial charge in [0.05, 0.1) is 0 Å². The highest BCUT2D eigenvalue weighted by Crippen LogP contribution is 2.43. The van der Waals surface area contributed by atoms with Crippen LogP contribution >= 0.6 is 11.3 Å². The average molecular weight is 721 g/mol. The number of nitrogens with zero attached hydrogens (tertiary/aromatic N) is 2. The molecule has 2 amide bonds. The van der Waals surface area contributed by atoms with Gasteiger partial charge in [-0.05, 0) is 91.7 Å². The van der Waals surface area contributed by atoms with E-state index in [4.69, 9.17) is 18.9 Å². The van der Waals surface area contributed by atoms with E-state index in [0.717, 1.165) is 33.0 Å². The van der Waals surface area contributed by atoms with Crippen LogP contribution in [0.4, 0.5) is 9.59 Å². The molecule has 1 saturated carbocycles. The molecule has 3 fully saturated rings. The number of likely N-dealkylation sites (tertiary alicyclic amines) is 2. The van der Waals surface area contributed by atoms with Gasteiger partial charge in [0.1, 0.15) is 23.3 Å². The van der Waals surface area contributed by atoms with Crippen molar-refractivity contribution in [1.82, 2.24) is 9.80 Å². The van der Waals surface area contributed by atoms with Crippen molar-refractivity contribution < 1.29 is 47.7 Å². The van der Waals surface area contributed by atoms with E-state index in [1.807, 2.05) is 12.1 Å². The summed E-state index contributed by atoms with van der Waals surface area (Å²) in [5.41, 5.74) is -0.676. The molecule has 0 radical (unpaired) electrons. The first-order valence-electron chi connectivity index (χ1n) is 17.4. The van der Waals surface area contributed by atoms with Gasteiger partial charge in [0.15, 0.2) is 24.8 Å². The molecule has 0 N–H and O–H groups in total. The monoisotopic (exact) mass is 720 g/mol. The molecule has 1 aliphatic carbocycles. The molecule has 2 aliphatic heterocycles. The van der Waals surface area contributed by atoms with Gasteiger partial charge in [0.2, 0.25) is 0 Å². The summed E-state index contributed by atoms with van der Waals surface area (Å²) in [6, 6.07) is 8.81. The fraction of sp³-hybridized carbons (Fsp3) is 0.526. The molecular formula is C38H44N2O10S. The van der Waals surface area contributed by atoms with Gasteiger partial charge in [-0.25, -0.2) is 19.2 Å². The van der Waals surface area contributed by atoms with Gasteiger partial charge in [-0.15, -0.1) is 11.3 Å². The third-order valence-corrected chi connectivity index (χ3v) is 10.5. The van der Waals surface area contributed by atoms with Gasteiger partial charge in [-0.2, -0.15) is 0 Å². The number of thiophene rings is 1. The summed E-state index contributed by atoms with van der Waals surface area (Å²) in [5, 5.41) is 1.79. The number of ether oxygens (including phenoxy) is 4. The van der Waals surface area contributed by atoms with Crippen LogP contribution in [0.2, 0.25) is 0 Å². The molecule has 0 spiro atoms. The Bertz CT molecular complexity index is 1900. The van der Waals surface area contributed by atoms with Gasteiger partial charge in [-0.1, -0.05) is 24.3 Å². The first kappa shape index (κ1) is 36.3. The van der Waals surface area contributed by atoms with Crippen molar-refractivity contribution in [3.05, 3.63) is 47.5 Å². The zero-order valence-corrected chi connectivity index (χ0v) is 30.6. The third-order valence-electron chi connectivity index (χ3n) is 9.39. The van der Waals surface area contributed by atoms with Crippen molar-refractivity contribution in [3.63, 3.8) is 0 Å². The minimum Gasteiger partial charge on any atom is -0.456 e. The van der Waals surface area contributed by atoms with E-state index < -0.39 is 60.6 Å². The van der Waals surface area contributed by atoms with Crippen LogP contribution in [0, 0.1) is 5.92 Å². The highest BCUT2D eigenvalue weighted by molar-refractivity contribution is 7.25. The smallest absolute Gasteiger partial charge is 0.411 e. The highest BCUT2D eigenvalue weighted by Gasteiger charge is 2.53. The second-order valence-corrected chi connectivity index (χ2v) is 16.6. The van der Waals surface area contributed by atoms with E-state index in [9.17, 15) is 28.8 Å². The van der Waals surface area contributed by atoms with Crippen LogP contribution in [0.1, 0.15) is 94.4 Å². The Balaban J connectivity index is 1.07. The number of benzene rings is 2. The number of hydrogen-bond donors (Lipinski definition) is 0. The number of carbonyl (C=O) groups is 6. The first-order chi connectivity index (χ1) is 24.0. The Hall–Kier alpha value is -4.52. The van der Waals surface area contributed by atoms with Crippen molar-refractivity contribution in [3.8, 4) is 0 Å². The van der Waals surface area contributed by atoms with E-state index >= 15 is 0 Å². The van der Waals surface area contributed by atoms with Crippen LogP contribution < -0.4 is 0 Å². The predicted molar refractivity (Wildman–Crippen MR) is 189 cm³/mol. The molecule has 3 aromatic rings. The van der Waals surface area contributed by atoms with Crippen LogP contribution in [-0.2, 0) is 28.5 Å². The number of amides is 2. The fourth-order valence-electron chi connectivity index (χ4n) is 7.16. The first-order valence-corrected chi connectivity index (χ1v) is 18.2. The number of carbonyl (C=O) groups excluding carboxylic acids is 6. The number of ketones is 2. The lowest BCUT2D eigenvalue weighted by Crippen LogP contribution is -2.51. The topological polar surface area (TPSA) is 146 Å². The summed E-state index contributed by atoms with van der Waals surface area (Å²) in [6.07, 6.45) is 2.26. The Labute approximate surface area is 300 Å². The summed E-state index contributed by atoms with van der Waals surface area (Å²) in [5.74, 6) is -2.03. The molecule has 51 heavy (non-hydrogen) atoms. The number of Topliss-reactive ketones (excluding diaryl/α,β-unsaturated/α-hetero) is 2. The Morgan fingerprint density at radius 1 is 0.725 bits per heavy atom. The van der Waals surface area contributed by atoms with Gasteiger partial charge < -0.3 is 18.9 Å². The molecule has 2 aromatic carbocycles. The molecule has 13 heteroatoms. The molecule has 3 heterocycles. The second-order valence-electron chi connectivity index (χ2n) is 15.5. The maximum atomic E-state index is 13.2. The minimum atomic E-state index is -0.803. The Morgan fingerprint density at radius 3 is 1.84 bits per heavy atom. The standard InChI is InChI=1S/C38H44N2O10S/c1-37(2,3)49-35(45)39-15-7-8-27(39)33(43)47-19-28(41)21-10-13-25-26-14-11-22(18-31(26)51-30(25)17-21)29(42)20-48-34(44)32-23-9-12-24(16-23)40(32)36(46)50-38(4,5)6/h10-11,13-14,17-18,23-24,27,32H,7-9,12,15-16,19-20H2,1-6H3/t23-,24+,27-,32-/m0/s1. The van der Waals surface area contributed by atoms with E-state index in [1.54, 1.807) is 65.8 Å². The van der Waals surface area contributed by atoms with Crippen molar-refractivity contribution in [2.24, 2.45) is 5.92 Å². The second kappa shape index (κ2) is 13.9. The molecule has 2 bridgehead atoms. The highest BCUT2D eigenvalue weighted by atomic mass is 32.1. The lowest BCUT2D eigenvalue weighted by Gasteiger charge is -2.35. The quantitative estimate of drug-likeness (QED) is 0.140.